The molecule has 0 heterocycles. The highest BCUT2D eigenvalue weighted by Crippen LogP contribution is 2.39. The molecule has 0 fully saturated rings. The zero-order valence-corrected chi connectivity index (χ0v) is 10.8. The lowest BCUT2D eigenvalue weighted by Gasteiger charge is -2.28. The maximum absolute atomic E-state index is 12.9. The van der Waals surface area contributed by atoms with Gasteiger partial charge in [0.05, 0.1) is 18.4 Å². The normalized spacial score (nSPS) is 15.3. The van der Waals surface area contributed by atoms with Crippen molar-refractivity contribution in [3.8, 4) is 0 Å². The first-order valence-electron chi connectivity index (χ1n) is 4.84. The maximum atomic E-state index is 12.9. The molecule has 0 aromatic carbocycles. The average molecular weight is 293 g/mol. The van der Waals surface area contributed by atoms with Crippen molar-refractivity contribution in [3.63, 3.8) is 0 Å². The molecule has 1 unspecified atom stereocenters. The standard InChI is InChI=1S/C9H14F4O4S/c1-7(2,3)6(14)17-5-4-8(10,11)9(12,13)18(15)16/h4-5H2,1-3H3,(H,15,16)/p-1. The van der Waals surface area contributed by atoms with E-state index in [2.05, 4.69) is 4.74 Å². The van der Waals surface area contributed by atoms with E-state index in [1.807, 2.05) is 0 Å². The highest BCUT2D eigenvalue weighted by Gasteiger charge is 2.57. The van der Waals surface area contributed by atoms with Crippen LogP contribution in [-0.2, 0) is 20.6 Å². The fourth-order valence-corrected chi connectivity index (χ4v) is 1.10. The fraction of sp³-hybridized carbons (Fsp3) is 0.889. The first-order chi connectivity index (χ1) is 7.82. The number of carbonyl (C=O) groups excluding carboxylic acids is 1. The number of hydrogen-bond donors (Lipinski definition) is 0. The van der Waals surface area contributed by atoms with E-state index in [0.29, 0.717) is 0 Å². The van der Waals surface area contributed by atoms with Gasteiger partial charge in [-0.3, -0.25) is 9.00 Å². The summed E-state index contributed by atoms with van der Waals surface area (Å²) in [5, 5.41) is -5.19. The van der Waals surface area contributed by atoms with Crippen LogP contribution in [0.5, 0.6) is 0 Å². The lowest BCUT2D eigenvalue weighted by Crippen LogP contribution is -2.45. The minimum Gasteiger partial charge on any atom is -0.768 e. The Hall–Kier alpha value is -0.700. The Morgan fingerprint density at radius 2 is 1.67 bits per heavy atom. The molecule has 1 atom stereocenters. The number of halogens is 4. The van der Waals surface area contributed by atoms with Crippen LogP contribution in [0.4, 0.5) is 17.6 Å². The van der Waals surface area contributed by atoms with Crippen LogP contribution < -0.4 is 0 Å². The van der Waals surface area contributed by atoms with Gasteiger partial charge in [-0.1, -0.05) is 0 Å². The van der Waals surface area contributed by atoms with E-state index >= 15 is 0 Å². The largest absolute Gasteiger partial charge is 0.768 e. The van der Waals surface area contributed by atoms with Crippen molar-refractivity contribution < 1.29 is 35.9 Å². The number of alkyl halides is 4. The van der Waals surface area contributed by atoms with Crippen molar-refractivity contribution in [1.82, 2.24) is 0 Å². The zero-order valence-electron chi connectivity index (χ0n) is 9.97. The third kappa shape index (κ3) is 4.20. The van der Waals surface area contributed by atoms with E-state index in [4.69, 9.17) is 0 Å². The third-order valence-electron chi connectivity index (χ3n) is 1.90. The summed E-state index contributed by atoms with van der Waals surface area (Å²) in [6.45, 7) is 3.37. The number of ether oxygens (including phenoxy) is 1. The first-order valence-corrected chi connectivity index (χ1v) is 5.92. The van der Waals surface area contributed by atoms with Crippen LogP contribution in [0.2, 0.25) is 0 Å². The van der Waals surface area contributed by atoms with Gasteiger partial charge in [0.15, 0.2) is 0 Å². The topological polar surface area (TPSA) is 66.4 Å². The minimum absolute atomic E-state index is 0.843. The molecule has 0 amide bonds. The molecular weight excluding hydrogens is 280 g/mol. The molecule has 0 aromatic rings. The van der Waals surface area contributed by atoms with Crippen LogP contribution in [0.25, 0.3) is 0 Å². The molecule has 9 heteroatoms. The summed E-state index contributed by atoms with van der Waals surface area (Å²) in [6.07, 6.45) is -1.57. The molecule has 0 N–H and O–H groups in total. The second-order valence-corrected chi connectivity index (χ2v) is 5.57. The summed E-state index contributed by atoms with van der Waals surface area (Å²) in [7, 11) is 0. The van der Waals surface area contributed by atoms with Crippen molar-refractivity contribution in [2.75, 3.05) is 6.61 Å². The van der Waals surface area contributed by atoms with E-state index in [0.717, 1.165) is 0 Å². The van der Waals surface area contributed by atoms with Crippen LogP contribution in [0.15, 0.2) is 0 Å². The predicted octanol–water partition coefficient (Wildman–Crippen LogP) is 2.07. The molecule has 0 aliphatic rings. The van der Waals surface area contributed by atoms with E-state index in [1.165, 1.54) is 20.8 Å². The van der Waals surface area contributed by atoms with Gasteiger partial charge in [0.2, 0.25) is 0 Å². The number of rotatable bonds is 5. The second-order valence-electron chi connectivity index (χ2n) is 4.59. The van der Waals surface area contributed by atoms with Gasteiger partial charge in [0.1, 0.15) is 0 Å². The van der Waals surface area contributed by atoms with Crippen molar-refractivity contribution in [2.45, 2.75) is 38.4 Å². The SMILES string of the molecule is CC(C)(C)C(=O)OCCC(F)(F)C(F)(F)S(=O)[O-]. The van der Waals surface area contributed by atoms with Crippen LogP contribution in [-0.4, -0.2) is 32.5 Å². The molecule has 0 aromatic heterocycles. The van der Waals surface area contributed by atoms with Crippen LogP contribution >= 0.6 is 0 Å². The van der Waals surface area contributed by atoms with Gasteiger partial charge in [0.25, 0.3) is 0 Å². The second kappa shape index (κ2) is 5.52. The summed E-state index contributed by atoms with van der Waals surface area (Å²) < 4.78 is 75.2. The smallest absolute Gasteiger partial charge is 0.371 e. The molecule has 4 nitrogen and oxygen atoms in total. The fourth-order valence-electron chi connectivity index (χ4n) is 0.756. The van der Waals surface area contributed by atoms with Crippen LogP contribution in [0.3, 0.4) is 0 Å². The number of carbonyl (C=O) groups is 1. The summed E-state index contributed by atoms with van der Waals surface area (Å²) >= 11 is -4.25. The van der Waals surface area contributed by atoms with E-state index in [1.54, 1.807) is 0 Å². The first kappa shape index (κ1) is 17.3. The van der Waals surface area contributed by atoms with Crippen molar-refractivity contribution in [2.24, 2.45) is 5.41 Å². The Balaban J connectivity index is 4.47. The molecule has 0 aliphatic heterocycles. The molecule has 0 aliphatic carbocycles. The molecule has 0 bridgehead atoms. The maximum Gasteiger partial charge on any atom is 0.371 e. The number of hydrogen-bond acceptors (Lipinski definition) is 4. The lowest BCUT2D eigenvalue weighted by atomic mass is 9.97. The van der Waals surface area contributed by atoms with Crippen molar-refractivity contribution in [3.05, 3.63) is 0 Å². The summed E-state index contributed by atoms with van der Waals surface area (Å²) in [5.41, 5.74) is -0.959. The zero-order chi connectivity index (χ0) is 14.8. The quantitative estimate of drug-likeness (QED) is 0.442. The van der Waals surface area contributed by atoms with Gasteiger partial charge < -0.3 is 9.29 Å². The molecule has 0 saturated carbocycles. The van der Waals surface area contributed by atoms with E-state index in [9.17, 15) is 31.1 Å². The van der Waals surface area contributed by atoms with Gasteiger partial charge in [-0.05, 0) is 20.8 Å². The minimum atomic E-state index is -5.19. The van der Waals surface area contributed by atoms with Gasteiger partial charge in [0, 0.05) is 11.1 Å². The molecule has 0 radical (unpaired) electrons. The molecule has 18 heavy (non-hydrogen) atoms. The molecular formula is C9H13F4O4S-. The Morgan fingerprint density at radius 1 is 1.22 bits per heavy atom. The Labute approximate surface area is 104 Å². The van der Waals surface area contributed by atoms with Gasteiger partial charge in [-0.25, -0.2) is 0 Å². The molecule has 108 valence electrons. The van der Waals surface area contributed by atoms with Crippen LogP contribution in [0.1, 0.15) is 27.2 Å². The summed E-state index contributed by atoms with van der Waals surface area (Å²) in [4.78, 5) is 11.2. The van der Waals surface area contributed by atoms with Gasteiger partial charge in [-0.2, -0.15) is 17.6 Å². The van der Waals surface area contributed by atoms with Crippen LogP contribution in [0, 0.1) is 5.41 Å². The lowest BCUT2D eigenvalue weighted by molar-refractivity contribution is -0.175. The monoisotopic (exact) mass is 293 g/mol. The molecule has 0 saturated heterocycles. The predicted molar refractivity (Wildman–Crippen MR) is 53.8 cm³/mol. The Bertz CT molecular complexity index is 338. The third-order valence-corrected chi connectivity index (χ3v) is 2.61. The number of esters is 1. The highest BCUT2D eigenvalue weighted by atomic mass is 32.2. The van der Waals surface area contributed by atoms with E-state index in [-0.39, 0.29) is 0 Å². The highest BCUT2D eigenvalue weighted by molar-refractivity contribution is 7.80. The van der Waals surface area contributed by atoms with E-state index < -0.39 is 46.7 Å². The van der Waals surface area contributed by atoms with Gasteiger partial charge in [-0.15, -0.1) is 0 Å². The summed E-state index contributed by atoms with van der Waals surface area (Å²) in [6, 6.07) is 0. The van der Waals surface area contributed by atoms with Crippen molar-refractivity contribution in [1.29, 1.82) is 0 Å². The van der Waals surface area contributed by atoms with Crippen molar-refractivity contribution >= 4 is 17.0 Å². The summed E-state index contributed by atoms with van der Waals surface area (Å²) in [5.74, 6) is -5.64. The molecule has 0 spiro atoms. The van der Waals surface area contributed by atoms with Gasteiger partial charge >= 0.3 is 17.1 Å². The average Bonchev–Trinajstić information content (AvgIpc) is 2.15. The molecule has 0 rings (SSSR count). The Morgan fingerprint density at radius 3 is 2.00 bits per heavy atom. The Kier molecular flexibility index (Phi) is 5.30.